The fourth-order valence-corrected chi connectivity index (χ4v) is 1.10. The van der Waals surface area contributed by atoms with Gasteiger partial charge >= 0.3 is 0 Å². The van der Waals surface area contributed by atoms with Crippen molar-refractivity contribution in [3.05, 3.63) is 24.9 Å². The Morgan fingerprint density at radius 2 is 2.25 bits per heavy atom. The maximum Gasteiger partial charge on any atom is 0.167 e. The molecule has 0 amide bonds. The first-order valence-electron chi connectivity index (χ1n) is 3.59. The molecule has 0 N–H and O–H groups in total. The fourth-order valence-electron chi connectivity index (χ4n) is 1.10. The third-order valence-corrected chi connectivity index (χ3v) is 1.74. The molecular formula is C8H8N4. The molecule has 2 aromatic heterocycles. The standard InChI is InChI=1S/C8H8N4/c1-3-12-5-11-7-6(2)9-4-10-8(7)12/h3-5H,1H2,2H3. The lowest BCUT2D eigenvalue weighted by molar-refractivity contribution is 1.10. The highest BCUT2D eigenvalue weighted by atomic mass is 15.1. The molecule has 0 aliphatic carbocycles. The summed E-state index contributed by atoms with van der Waals surface area (Å²) in [5.74, 6) is 0. The zero-order valence-corrected chi connectivity index (χ0v) is 6.73. The van der Waals surface area contributed by atoms with Crippen molar-refractivity contribution in [2.45, 2.75) is 6.92 Å². The molecule has 0 fully saturated rings. The number of rotatable bonds is 1. The van der Waals surface area contributed by atoms with Crippen LogP contribution in [0.3, 0.4) is 0 Å². The zero-order chi connectivity index (χ0) is 8.55. The van der Waals surface area contributed by atoms with E-state index in [-0.39, 0.29) is 0 Å². The molecule has 4 heteroatoms. The molecule has 0 bridgehead atoms. The number of aryl methyl sites for hydroxylation is 1. The monoisotopic (exact) mass is 160 g/mol. The van der Waals surface area contributed by atoms with Gasteiger partial charge in [-0.05, 0) is 6.92 Å². The summed E-state index contributed by atoms with van der Waals surface area (Å²) in [5.41, 5.74) is 2.52. The highest BCUT2D eigenvalue weighted by Crippen LogP contribution is 2.11. The van der Waals surface area contributed by atoms with E-state index >= 15 is 0 Å². The number of hydrogen-bond acceptors (Lipinski definition) is 3. The van der Waals surface area contributed by atoms with Crippen molar-refractivity contribution < 1.29 is 0 Å². The molecular weight excluding hydrogens is 152 g/mol. The average molecular weight is 160 g/mol. The first-order chi connectivity index (χ1) is 5.83. The number of imidazole rings is 1. The van der Waals surface area contributed by atoms with Gasteiger partial charge in [0, 0.05) is 6.20 Å². The molecule has 0 spiro atoms. The molecule has 0 saturated heterocycles. The second kappa shape index (κ2) is 2.41. The minimum absolute atomic E-state index is 0.803. The van der Waals surface area contributed by atoms with Gasteiger partial charge in [-0.25, -0.2) is 15.0 Å². The largest absolute Gasteiger partial charge is 0.291 e. The van der Waals surface area contributed by atoms with E-state index in [1.165, 1.54) is 6.33 Å². The Bertz CT molecular complexity index is 430. The van der Waals surface area contributed by atoms with Crippen molar-refractivity contribution in [1.29, 1.82) is 0 Å². The van der Waals surface area contributed by atoms with Gasteiger partial charge in [-0.1, -0.05) is 6.58 Å². The fraction of sp³-hybridized carbons (Fsp3) is 0.125. The molecule has 2 heterocycles. The van der Waals surface area contributed by atoms with Gasteiger partial charge in [-0.2, -0.15) is 0 Å². The van der Waals surface area contributed by atoms with Gasteiger partial charge in [0.2, 0.25) is 0 Å². The van der Waals surface area contributed by atoms with Crippen LogP contribution in [0.15, 0.2) is 19.2 Å². The number of fused-ring (bicyclic) bond motifs is 1. The molecule has 4 nitrogen and oxygen atoms in total. The van der Waals surface area contributed by atoms with E-state index in [2.05, 4.69) is 21.5 Å². The van der Waals surface area contributed by atoms with Crippen LogP contribution in [0.4, 0.5) is 0 Å². The van der Waals surface area contributed by atoms with Crippen LogP contribution in [0.2, 0.25) is 0 Å². The lowest BCUT2D eigenvalue weighted by atomic mass is 10.4. The molecule has 2 aromatic rings. The van der Waals surface area contributed by atoms with Crippen molar-refractivity contribution in [1.82, 2.24) is 19.5 Å². The molecule has 60 valence electrons. The minimum Gasteiger partial charge on any atom is -0.291 e. The second-order valence-corrected chi connectivity index (χ2v) is 2.47. The summed E-state index contributed by atoms with van der Waals surface area (Å²) >= 11 is 0. The predicted molar refractivity (Wildman–Crippen MR) is 46.4 cm³/mol. The molecule has 2 rings (SSSR count). The van der Waals surface area contributed by atoms with Gasteiger partial charge in [-0.3, -0.25) is 4.57 Å². The van der Waals surface area contributed by atoms with Crippen molar-refractivity contribution in [2.24, 2.45) is 0 Å². The Hall–Kier alpha value is -1.71. The molecule has 0 aromatic carbocycles. The third kappa shape index (κ3) is 0.812. The summed E-state index contributed by atoms with van der Waals surface area (Å²) in [4.78, 5) is 12.3. The van der Waals surface area contributed by atoms with Crippen LogP contribution in [0.25, 0.3) is 17.4 Å². The van der Waals surface area contributed by atoms with Crippen molar-refractivity contribution in [3.63, 3.8) is 0 Å². The van der Waals surface area contributed by atoms with E-state index in [9.17, 15) is 0 Å². The van der Waals surface area contributed by atoms with Gasteiger partial charge in [0.05, 0.1) is 5.69 Å². The molecule has 0 aliphatic rings. The van der Waals surface area contributed by atoms with Crippen LogP contribution < -0.4 is 0 Å². The van der Waals surface area contributed by atoms with Crippen molar-refractivity contribution in [2.75, 3.05) is 0 Å². The van der Waals surface area contributed by atoms with Gasteiger partial charge in [0.1, 0.15) is 18.2 Å². The van der Waals surface area contributed by atoms with E-state index in [1.807, 2.05) is 6.92 Å². The Balaban J connectivity index is 2.88. The van der Waals surface area contributed by atoms with Crippen molar-refractivity contribution in [3.8, 4) is 0 Å². The molecule has 0 radical (unpaired) electrons. The summed E-state index contributed by atoms with van der Waals surface area (Å²) in [5, 5.41) is 0. The smallest absolute Gasteiger partial charge is 0.167 e. The van der Waals surface area contributed by atoms with Crippen molar-refractivity contribution >= 4 is 17.4 Å². The summed E-state index contributed by atoms with van der Waals surface area (Å²) in [6, 6.07) is 0. The minimum atomic E-state index is 0.803. The summed E-state index contributed by atoms with van der Waals surface area (Å²) < 4.78 is 1.77. The summed E-state index contributed by atoms with van der Waals surface area (Å²) in [6.07, 6.45) is 4.88. The lowest BCUT2D eigenvalue weighted by Crippen LogP contribution is -1.89. The first kappa shape index (κ1) is 6.97. The van der Waals surface area contributed by atoms with E-state index in [4.69, 9.17) is 0 Å². The summed E-state index contributed by atoms with van der Waals surface area (Å²) in [7, 11) is 0. The maximum absolute atomic E-state index is 4.16. The Morgan fingerprint density at radius 1 is 1.42 bits per heavy atom. The second-order valence-electron chi connectivity index (χ2n) is 2.47. The molecule has 0 unspecified atom stereocenters. The summed E-state index contributed by atoms with van der Waals surface area (Å²) in [6.45, 7) is 5.55. The Morgan fingerprint density at radius 3 is 3.00 bits per heavy atom. The zero-order valence-electron chi connectivity index (χ0n) is 6.73. The van der Waals surface area contributed by atoms with E-state index in [0.29, 0.717) is 0 Å². The molecule has 12 heavy (non-hydrogen) atoms. The van der Waals surface area contributed by atoms with E-state index in [1.54, 1.807) is 17.1 Å². The number of aromatic nitrogens is 4. The maximum atomic E-state index is 4.16. The van der Waals surface area contributed by atoms with E-state index < -0.39 is 0 Å². The highest BCUT2D eigenvalue weighted by molar-refractivity contribution is 5.74. The van der Waals surface area contributed by atoms with Gasteiger partial charge in [0.25, 0.3) is 0 Å². The van der Waals surface area contributed by atoms with Crippen LogP contribution in [0.5, 0.6) is 0 Å². The predicted octanol–water partition coefficient (Wildman–Crippen LogP) is 1.24. The molecule has 0 atom stereocenters. The quantitative estimate of drug-likeness (QED) is 0.630. The van der Waals surface area contributed by atoms with Crippen LogP contribution in [0, 0.1) is 6.92 Å². The van der Waals surface area contributed by atoms with Crippen LogP contribution in [-0.2, 0) is 0 Å². The van der Waals surface area contributed by atoms with Crippen LogP contribution in [0.1, 0.15) is 5.69 Å². The van der Waals surface area contributed by atoms with Gasteiger partial charge in [0.15, 0.2) is 5.65 Å². The van der Waals surface area contributed by atoms with Gasteiger partial charge < -0.3 is 0 Å². The molecule has 0 aliphatic heterocycles. The number of nitrogens with zero attached hydrogens (tertiary/aromatic N) is 4. The number of hydrogen-bond donors (Lipinski definition) is 0. The topological polar surface area (TPSA) is 43.6 Å². The average Bonchev–Trinajstić information content (AvgIpc) is 2.49. The SMILES string of the molecule is C=Cn1cnc2c(C)ncnc21. The van der Waals surface area contributed by atoms with Crippen LogP contribution in [-0.4, -0.2) is 19.5 Å². The van der Waals surface area contributed by atoms with E-state index in [0.717, 1.165) is 16.9 Å². The molecule has 0 saturated carbocycles. The third-order valence-electron chi connectivity index (χ3n) is 1.74. The normalized spacial score (nSPS) is 10.4. The lowest BCUT2D eigenvalue weighted by Gasteiger charge is -1.93. The van der Waals surface area contributed by atoms with Crippen LogP contribution >= 0.6 is 0 Å². The Kier molecular flexibility index (Phi) is 1.40. The first-order valence-corrected chi connectivity index (χ1v) is 3.59. The van der Waals surface area contributed by atoms with Gasteiger partial charge in [-0.15, -0.1) is 0 Å². The Labute approximate surface area is 69.6 Å². The highest BCUT2D eigenvalue weighted by Gasteiger charge is 2.03.